The Hall–Kier alpha value is -2.71. The van der Waals surface area contributed by atoms with Gasteiger partial charge in [-0.3, -0.25) is 4.79 Å². The molecule has 2 atom stereocenters. The third kappa shape index (κ3) is 3.53. The van der Waals surface area contributed by atoms with Gasteiger partial charge in [0.15, 0.2) is 0 Å². The number of aromatic nitrogens is 3. The van der Waals surface area contributed by atoms with Gasteiger partial charge < -0.3 is 15.5 Å². The molecular formula is C19H18ClN5O2S. The molecule has 1 aromatic heterocycles. The zero-order valence-corrected chi connectivity index (χ0v) is 16.8. The molecule has 1 aliphatic heterocycles. The second-order valence-electron chi connectivity index (χ2n) is 6.26. The first-order chi connectivity index (χ1) is 13.6. The number of hydrogen-bond acceptors (Lipinski definition) is 6. The highest BCUT2D eigenvalue weighted by Crippen LogP contribution is 2.39. The van der Waals surface area contributed by atoms with Crippen LogP contribution >= 0.6 is 23.4 Å². The molecule has 1 aliphatic rings. The second kappa shape index (κ2) is 7.73. The van der Waals surface area contributed by atoms with Crippen molar-refractivity contribution in [2.24, 2.45) is 0 Å². The van der Waals surface area contributed by atoms with Gasteiger partial charge in [-0.05, 0) is 36.8 Å². The molecular weight excluding hydrogens is 398 g/mol. The number of carbonyl (C=O) groups excluding carboxylic acids is 1. The number of thioether (sulfide) groups is 1. The van der Waals surface area contributed by atoms with Gasteiger partial charge in [0.1, 0.15) is 16.8 Å². The molecule has 2 aromatic carbocycles. The molecule has 0 saturated heterocycles. The lowest BCUT2D eigenvalue weighted by Gasteiger charge is -2.33. The Morgan fingerprint density at radius 2 is 2.04 bits per heavy atom. The first-order valence-corrected chi connectivity index (χ1v) is 9.87. The first-order valence-electron chi connectivity index (χ1n) is 8.61. The maximum atomic E-state index is 13.1. The standard InChI is InChI=1S/C19H18ClN5O2S/c1-11-22-23-19-25(11)24-16(12-8-9-15(27-2)14(20)10-12)17(28-19)18(26)21-13-6-4-3-5-7-13/h3-10,16-17,24H,1-2H3,(H,21,26)/t16-,17+/m1/s1. The number of amides is 1. The van der Waals surface area contributed by atoms with Crippen molar-refractivity contribution in [3.8, 4) is 5.75 Å². The number of fused-ring (bicyclic) bond motifs is 1. The zero-order valence-electron chi connectivity index (χ0n) is 15.2. The minimum atomic E-state index is -0.472. The van der Waals surface area contributed by atoms with E-state index in [4.69, 9.17) is 16.3 Å². The number of methoxy groups -OCH3 is 1. The smallest absolute Gasteiger partial charge is 0.240 e. The van der Waals surface area contributed by atoms with E-state index in [1.807, 2.05) is 49.4 Å². The van der Waals surface area contributed by atoms with Crippen LogP contribution in [-0.4, -0.2) is 33.1 Å². The summed E-state index contributed by atoms with van der Waals surface area (Å²) < 4.78 is 7.03. The lowest BCUT2D eigenvalue weighted by Crippen LogP contribution is -2.41. The lowest BCUT2D eigenvalue weighted by molar-refractivity contribution is -0.116. The fraction of sp³-hybridized carbons (Fsp3) is 0.211. The number of rotatable bonds is 4. The normalized spacial score (nSPS) is 18.1. The summed E-state index contributed by atoms with van der Waals surface area (Å²) in [4.78, 5) is 13.1. The van der Waals surface area contributed by atoms with Crippen LogP contribution in [0, 0.1) is 6.92 Å². The summed E-state index contributed by atoms with van der Waals surface area (Å²) in [6.45, 7) is 1.85. The molecule has 144 valence electrons. The summed E-state index contributed by atoms with van der Waals surface area (Å²) in [5.41, 5.74) is 4.96. The van der Waals surface area contributed by atoms with Crippen LogP contribution in [0.25, 0.3) is 0 Å². The van der Waals surface area contributed by atoms with Crippen molar-refractivity contribution in [3.63, 3.8) is 0 Å². The SMILES string of the molecule is COc1ccc([C@H]2Nn3c(C)nnc3S[C@@H]2C(=O)Nc2ccccc2)cc1Cl. The second-order valence-corrected chi connectivity index (χ2v) is 7.78. The fourth-order valence-corrected chi connectivity index (χ4v) is 4.41. The van der Waals surface area contributed by atoms with Gasteiger partial charge in [-0.2, -0.15) is 0 Å². The third-order valence-electron chi connectivity index (χ3n) is 4.43. The Morgan fingerprint density at radius 3 is 2.75 bits per heavy atom. The van der Waals surface area contributed by atoms with Gasteiger partial charge in [0.2, 0.25) is 11.1 Å². The largest absolute Gasteiger partial charge is 0.495 e. The predicted molar refractivity (Wildman–Crippen MR) is 110 cm³/mol. The average Bonchev–Trinajstić information content (AvgIpc) is 3.08. The van der Waals surface area contributed by atoms with Crippen LogP contribution < -0.4 is 15.5 Å². The maximum absolute atomic E-state index is 13.1. The van der Waals surface area contributed by atoms with Crippen LogP contribution in [0.4, 0.5) is 5.69 Å². The molecule has 0 radical (unpaired) electrons. The summed E-state index contributed by atoms with van der Waals surface area (Å²) in [7, 11) is 1.57. The molecule has 2 heterocycles. The predicted octanol–water partition coefficient (Wildman–Crippen LogP) is 3.65. The van der Waals surface area contributed by atoms with Crippen LogP contribution in [-0.2, 0) is 4.79 Å². The monoisotopic (exact) mass is 415 g/mol. The zero-order chi connectivity index (χ0) is 19.7. The average molecular weight is 416 g/mol. The number of hydrogen-bond donors (Lipinski definition) is 2. The number of para-hydroxylation sites is 1. The van der Waals surface area contributed by atoms with E-state index in [-0.39, 0.29) is 11.9 Å². The molecule has 0 bridgehead atoms. The van der Waals surface area contributed by atoms with Crippen LogP contribution in [0.2, 0.25) is 5.02 Å². The Labute approximate surface area is 171 Å². The molecule has 0 spiro atoms. The van der Waals surface area contributed by atoms with Crippen LogP contribution in [0.15, 0.2) is 53.7 Å². The number of anilines is 1. The fourth-order valence-electron chi connectivity index (χ4n) is 3.02. The molecule has 28 heavy (non-hydrogen) atoms. The van der Waals surface area contributed by atoms with E-state index in [1.54, 1.807) is 17.9 Å². The molecule has 0 aliphatic carbocycles. The number of halogens is 1. The van der Waals surface area contributed by atoms with Gasteiger partial charge in [-0.15, -0.1) is 10.2 Å². The number of aryl methyl sites for hydroxylation is 1. The number of nitrogens with one attached hydrogen (secondary N) is 2. The first kappa shape index (κ1) is 18.6. The molecule has 9 heteroatoms. The van der Waals surface area contributed by atoms with Crippen molar-refractivity contribution in [1.82, 2.24) is 14.9 Å². The maximum Gasteiger partial charge on any atom is 0.240 e. The van der Waals surface area contributed by atoms with Gasteiger partial charge in [-0.25, -0.2) is 4.68 Å². The van der Waals surface area contributed by atoms with Gasteiger partial charge in [-0.1, -0.05) is 47.6 Å². The summed E-state index contributed by atoms with van der Waals surface area (Å²) in [5.74, 6) is 1.17. The quantitative estimate of drug-likeness (QED) is 0.677. The minimum absolute atomic E-state index is 0.132. The highest BCUT2D eigenvalue weighted by Gasteiger charge is 2.37. The summed E-state index contributed by atoms with van der Waals surface area (Å²) in [5, 5.41) is 11.9. The number of carbonyl (C=O) groups is 1. The summed E-state index contributed by atoms with van der Waals surface area (Å²) in [6, 6.07) is 14.5. The van der Waals surface area contributed by atoms with Gasteiger partial charge in [0.25, 0.3) is 0 Å². The van der Waals surface area contributed by atoms with Crippen LogP contribution in [0.5, 0.6) is 5.75 Å². The molecule has 0 fully saturated rings. The topological polar surface area (TPSA) is 81.1 Å². The number of ether oxygens (including phenoxy) is 1. The summed E-state index contributed by atoms with van der Waals surface area (Å²) in [6.07, 6.45) is 0. The van der Waals surface area contributed by atoms with Crippen molar-refractivity contribution in [3.05, 3.63) is 64.9 Å². The Morgan fingerprint density at radius 1 is 1.25 bits per heavy atom. The third-order valence-corrected chi connectivity index (χ3v) is 5.94. The lowest BCUT2D eigenvalue weighted by atomic mass is 10.0. The van der Waals surface area contributed by atoms with Crippen molar-refractivity contribution < 1.29 is 9.53 Å². The van der Waals surface area contributed by atoms with E-state index < -0.39 is 5.25 Å². The molecule has 2 N–H and O–H groups in total. The Bertz CT molecular complexity index is 1010. The molecule has 1 amide bonds. The molecule has 4 rings (SSSR count). The molecule has 0 unspecified atom stereocenters. The molecule has 3 aromatic rings. The van der Waals surface area contributed by atoms with Crippen LogP contribution in [0.3, 0.4) is 0 Å². The van der Waals surface area contributed by atoms with E-state index in [0.29, 0.717) is 21.8 Å². The number of benzene rings is 2. The van der Waals surface area contributed by atoms with Gasteiger partial charge in [0.05, 0.1) is 18.2 Å². The molecule has 7 nitrogen and oxygen atoms in total. The number of nitrogens with zero attached hydrogens (tertiary/aromatic N) is 3. The van der Waals surface area contributed by atoms with E-state index in [1.165, 1.54) is 11.8 Å². The van der Waals surface area contributed by atoms with E-state index >= 15 is 0 Å². The van der Waals surface area contributed by atoms with Gasteiger partial charge >= 0.3 is 0 Å². The van der Waals surface area contributed by atoms with E-state index in [9.17, 15) is 4.79 Å². The van der Waals surface area contributed by atoms with Crippen molar-refractivity contribution in [2.75, 3.05) is 17.9 Å². The Kier molecular flexibility index (Phi) is 5.15. The van der Waals surface area contributed by atoms with E-state index in [0.717, 1.165) is 11.3 Å². The van der Waals surface area contributed by atoms with Crippen LogP contribution in [0.1, 0.15) is 17.4 Å². The van der Waals surface area contributed by atoms with Crippen molar-refractivity contribution >= 4 is 35.0 Å². The highest BCUT2D eigenvalue weighted by atomic mass is 35.5. The van der Waals surface area contributed by atoms with Gasteiger partial charge in [0, 0.05) is 5.69 Å². The van der Waals surface area contributed by atoms with Crippen molar-refractivity contribution in [1.29, 1.82) is 0 Å². The Balaban J connectivity index is 1.69. The molecule has 0 saturated carbocycles. The summed E-state index contributed by atoms with van der Waals surface area (Å²) >= 11 is 7.69. The van der Waals surface area contributed by atoms with E-state index in [2.05, 4.69) is 20.9 Å². The highest BCUT2D eigenvalue weighted by molar-refractivity contribution is 8.00. The minimum Gasteiger partial charge on any atom is -0.495 e. The van der Waals surface area contributed by atoms with Crippen molar-refractivity contribution in [2.45, 2.75) is 23.4 Å².